The molecule has 0 saturated carbocycles. The lowest BCUT2D eigenvalue weighted by atomic mass is 10.2. The molecule has 0 fully saturated rings. The van der Waals surface area contributed by atoms with Crippen LogP contribution in [0.1, 0.15) is 16.1 Å². The first-order valence-electron chi connectivity index (χ1n) is 5.61. The van der Waals surface area contributed by atoms with Crippen molar-refractivity contribution in [1.82, 2.24) is 0 Å². The fourth-order valence-corrected chi connectivity index (χ4v) is 1.88. The van der Waals surface area contributed by atoms with Crippen molar-refractivity contribution >= 4 is 39.6 Å². The van der Waals surface area contributed by atoms with Crippen LogP contribution in [-0.4, -0.2) is 17.0 Å². The summed E-state index contributed by atoms with van der Waals surface area (Å²) in [4.78, 5) is 22.8. The Morgan fingerprint density at radius 2 is 2.10 bits per heavy atom. The van der Waals surface area contributed by atoms with Gasteiger partial charge in [-0.1, -0.05) is 15.9 Å². The van der Waals surface area contributed by atoms with Gasteiger partial charge in [-0.3, -0.25) is 4.79 Å². The molecule has 0 unspecified atom stereocenters. The zero-order valence-corrected chi connectivity index (χ0v) is 11.8. The molecular weight excluding hydrogens is 326 g/mol. The van der Waals surface area contributed by atoms with E-state index in [1.165, 1.54) is 30.5 Å². The quantitative estimate of drug-likeness (QED) is 0.839. The van der Waals surface area contributed by atoms with Gasteiger partial charge >= 0.3 is 5.97 Å². The minimum Gasteiger partial charge on any atom is -0.478 e. The first-order chi connectivity index (χ1) is 9.56. The van der Waals surface area contributed by atoms with E-state index in [-0.39, 0.29) is 11.3 Å². The van der Waals surface area contributed by atoms with E-state index in [2.05, 4.69) is 21.2 Å². The number of carboxylic acid groups (broad SMARTS) is 1. The number of halogens is 1. The molecule has 5 nitrogen and oxygen atoms in total. The second kappa shape index (κ2) is 6.21. The van der Waals surface area contributed by atoms with Gasteiger partial charge in [0.1, 0.15) is 5.76 Å². The highest BCUT2D eigenvalue weighted by atomic mass is 79.9. The summed E-state index contributed by atoms with van der Waals surface area (Å²) in [6.07, 6.45) is 4.26. The summed E-state index contributed by atoms with van der Waals surface area (Å²) in [5.74, 6) is -1.02. The van der Waals surface area contributed by atoms with E-state index in [9.17, 15) is 9.59 Å². The van der Waals surface area contributed by atoms with Crippen LogP contribution < -0.4 is 5.32 Å². The van der Waals surface area contributed by atoms with E-state index in [1.807, 2.05) is 0 Å². The third-order valence-electron chi connectivity index (χ3n) is 2.41. The number of furan rings is 1. The summed E-state index contributed by atoms with van der Waals surface area (Å²) in [5, 5.41) is 11.6. The van der Waals surface area contributed by atoms with E-state index in [0.29, 0.717) is 10.2 Å². The lowest BCUT2D eigenvalue weighted by molar-refractivity contribution is -0.111. The highest BCUT2D eigenvalue weighted by molar-refractivity contribution is 9.10. The van der Waals surface area contributed by atoms with E-state index >= 15 is 0 Å². The number of aromatic carboxylic acids is 1. The molecule has 0 saturated heterocycles. The van der Waals surface area contributed by atoms with Gasteiger partial charge in [0.2, 0.25) is 5.91 Å². The standard InChI is InChI=1S/C14H10BrNO4/c15-9-3-5-12(11(8-9)14(18)19)16-13(17)6-4-10-2-1-7-20-10/h1-8H,(H,16,17)(H,18,19)/b6-4+. The molecule has 1 aromatic carbocycles. The Morgan fingerprint density at radius 1 is 1.30 bits per heavy atom. The van der Waals surface area contributed by atoms with Gasteiger partial charge in [-0.25, -0.2) is 4.79 Å². The van der Waals surface area contributed by atoms with Crippen LogP contribution in [-0.2, 0) is 4.79 Å². The predicted molar refractivity (Wildman–Crippen MR) is 77.5 cm³/mol. The molecule has 1 aromatic heterocycles. The van der Waals surface area contributed by atoms with Crippen LogP contribution in [0.3, 0.4) is 0 Å². The molecule has 20 heavy (non-hydrogen) atoms. The third kappa shape index (κ3) is 3.58. The van der Waals surface area contributed by atoms with Crippen molar-refractivity contribution < 1.29 is 19.1 Å². The lowest BCUT2D eigenvalue weighted by Gasteiger charge is -2.06. The van der Waals surface area contributed by atoms with E-state index in [1.54, 1.807) is 18.2 Å². The molecule has 1 amide bonds. The molecule has 0 atom stereocenters. The molecule has 1 heterocycles. The molecule has 0 radical (unpaired) electrons. The fourth-order valence-electron chi connectivity index (χ4n) is 1.52. The second-order valence-electron chi connectivity index (χ2n) is 3.83. The summed E-state index contributed by atoms with van der Waals surface area (Å²) in [6, 6.07) is 8.00. The Labute approximate surface area is 123 Å². The minimum atomic E-state index is -1.11. The minimum absolute atomic E-state index is 0.0131. The number of carbonyl (C=O) groups excluding carboxylic acids is 1. The van der Waals surface area contributed by atoms with Crippen LogP contribution >= 0.6 is 15.9 Å². The molecule has 2 rings (SSSR count). The van der Waals surface area contributed by atoms with E-state index < -0.39 is 11.9 Å². The number of anilines is 1. The topological polar surface area (TPSA) is 79.5 Å². The summed E-state index contributed by atoms with van der Waals surface area (Å²) < 4.78 is 5.67. The summed E-state index contributed by atoms with van der Waals surface area (Å²) in [5.41, 5.74) is 0.244. The van der Waals surface area contributed by atoms with Gasteiger partial charge in [0.15, 0.2) is 0 Å². The average Bonchev–Trinajstić information content (AvgIpc) is 2.91. The number of carboxylic acids is 1. The monoisotopic (exact) mass is 335 g/mol. The van der Waals surface area contributed by atoms with Gasteiger partial charge in [-0.2, -0.15) is 0 Å². The van der Waals surface area contributed by atoms with Gasteiger partial charge in [0, 0.05) is 10.5 Å². The lowest BCUT2D eigenvalue weighted by Crippen LogP contribution is -2.12. The van der Waals surface area contributed by atoms with Gasteiger partial charge in [0.05, 0.1) is 17.5 Å². The Balaban J connectivity index is 2.13. The molecular formula is C14H10BrNO4. The first kappa shape index (κ1) is 14.1. The number of hydrogen-bond acceptors (Lipinski definition) is 3. The van der Waals surface area contributed by atoms with Crippen LogP contribution in [0.4, 0.5) is 5.69 Å². The number of carbonyl (C=O) groups is 2. The smallest absolute Gasteiger partial charge is 0.337 e. The Hall–Kier alpha value is -2.34. The maximum atomic E-state index is 11.7. The number of benzene rings is 1. The van der Waals surface area contributed by atoms with Crippen LogP contribution in [0.15, 0.2) is 51.6 Å². The molecule has 0 aliphatic rings. The largest absolute Gasteiger partial charge is 0.478 e. The molecule has 0 spiro atoms. The number of hydrogen-bond donors (Lipinski definition) is 2. The number of amides is 1. The zero-order valence-electron chi connectivity index (χ0n) is 10.2. The van der Waals surface area contributed by atoms with Crippen molar-refractivity contribution in [3.05, 3.63) is 58.5 Å². The SMILES string of the molecule is O=C(/C=C/c1ccco1)Nc1ccc(Br)cc1C(=O)O. The van der Waals surface area contributed by atoms with Crippen LogP contribution in [0.2, 0.25) is 0 Å². The van der Waals surface area contributed by atoms with Crippen molar-refractivity contribution in [2.75, 3.05) is 5.32 Å². The predicted octanol–water partition coefficient (Wildman–Crippen LogP) is 3.39. The van der Waals surface area contributed by atoms with Crippen molar-refractivity contribution in [1.29, 1.82) is 0 Å². The number of nitrogens with one attached hydrogen (secondary N) is 1. The van der Waals surface area contributed by atoms with Crippen molar-refractivity contribution in [2.45, 2.75) is 0 Å². The summed E-state index contributed by atoms with van der Waals surface area (Å²) in [7, 11) is 0. The van der Waals surface area contributed by atoms with Gasteiger partial charge in [-0.15, -0.1) is 0 Å². The maximum absolute atomic E-state index is 11.7. The molecule has 102 valence electrons. The van der Waals surface area contributed by atoms with Crippen molar-refractivity contribution in [2.24, 2.45) is 0 Å². The zero-order chi connectivity index (χ0) is 14.5. The Bertz CT molecular complexity index is 662. The van der Waals surface area contributed by atoms with E-state index in [4.69, 9.17) is 9.52 Å². The highest BCUT2D eigenvalue weighted by Gasteiger charge is 2.11. The van der Waals surface area contributed by atoms with Gasteiger partial charge < -0.3 is 14.8 Å². The first-order valence-corrected chi connectivity index (χ1v) is 6.41. The maximum Gasteiger partial charge on any atom is 0.337 e. The molecule has 0 bridgehead atoms. The third-order valence-corrected chi connectivity index (χ3v) is 2.91. The number of rotatable bonds is 4. The molecule has 0 aliphatic carbocycles. The van der Waals surface area contributed by atoms with E-state index in [0.717, 1.165) is 0 Å². The van der Waals surface area contributed by atoms with Crippen LogP contribution in [0.5, 0.6) is 0 Å². The Kier molecular flexibility index (Phi) is 4.37. The van der Waals surface area contributed by atoms with Crippen LogP contribution in [0, 0.1) is 0 Å². The summed E-state index contributed by atoms with van der Waals surface area (Å²) >= 11 is 3.19. The molecule has 0 aliphatic heterocycles. The molecule has 2 aromatic rings. The van der Waals surface area contributed by atoms with Crippen molar-refractivity contribution in [3.63, 3.8) is 0 Å². The van der Waals surface area contributed by atoms with Gasteiger partial charge in [0.25, 0.3) is 0 Å². The Morgan fingerprint density at radius 3 is 2.75 bits per heavy atom. The normalized spacial score (nSPS) is 10.7. The fraction of sp³-hybridized carbons (Fsp3) is 0. The van der Waals surface area contributed by atoms with Crippen LogP contribution in [0.25, 0.3) is 6.08 Å². The second-order valence-corrected chi connectivity index (χ2v) is 4.75. The average molecular weight is 336 g/mol. The molecule has 6 heteroatoms. The summed E-state index contributed by atoms with van der Waals surface area (Å²) in [6.45, 7) is 0. The van der Waals surface area contributed by atoms with Gasteiger partial charge in [-0.05, 0) is 36.4 Å². The molecule has 2 N–H and O–H groups in total. The van der Waals surface area contributed by atoms with Crippen molar-refractivity contribution in [3.8, 4) is 0 Å². The highest BCUT2D eigenvalue weighted by Crippen LogP contribution is 2.21.